The van der Waals surface area contributed by atoms with Gasteiger partial charge in [-0.05, 0) is 41.8 Å². The normalized spacial score (nSPS) is 14.4. The molecule has 5 rings (SSSR count). The fourth-order valence-corrected chi connectivity index (χ4v) is 4.80. The Labute approximate surface area is 189 Å². The minimum atomic E-state index is -0.131. The third kappa shape index (κ3) is 4.11. The van der Waals surface area contributed by atoms with Crippen molar-refractivity contribution in [1.82, 2.24) is 14.9 Å². The molecule has 2 aromatic carbocycles. The van der Waals surface area contributed by atoms with Crippen LogP contribution in [0.25, 0.3) is 22.2 Å². The van der Waals surface area contributed by atoms with Gasteiger partial charge in [0.25, 0.3) is 5.91 Å². The van der Waals surface area contributed by atoms with Gasteiger partial charge in [0.05, 0.1) is 5.69 Å². The smallest absolute Gasteiger partial charge is 0.254 e. The van der Waals surface area contributed by atoms with E-state index in [1.54, 1.807) is 6.20 Å². The van der Waals surface area contributed by atoms with E-state index >= 15 is 0 Å². The largest absolute Gasteiger partial charge is 0.339 e. The van der Waals surface area contributed by atoms with Crippen molar-refractivity contribution in [2.75, 3.05) is 18.4 Å². The van der Waals surface area contributed by atoms with Gasteiger partial charge < -0.3 is 10.2 Å². The summed E-state index contributed by atoms with van der Waals surface area (Å²) in [5.41, 5.74) is 2.25. The second-order valence-electron chi connectivity index (χ2n) is 7.84. The first-order chi connectivity index (χ1) is 15.7. The number of benzene rings is 2. The van der Waals surface area contributed by atoms with E-state index in [2.05, 4.69) is 15.3 Å². The Kier molecular flexibility index (Phi) is 5.64. The van der Waals surface area contributed by atoms with Crippen molar-refractivity contribution in [2.24, 2.45) is 5.92 Å². The Morgan fingerprint density at radius 1 is 0.938 bits per heavy atom. The number of aromatic nitrogens is 2. The molecule has 160 valence electrons. The standard InChI is InChI=1S/C25H22N4O2S/c30-23(28-25-27-22(16-32-25)21-10-3-4-13-26-21)18-11-14-29(15-12-18)24(31)20-9-5-7-17-6-1-2-8-19(17)20/h1-10,13,16,18H,11-12,14-15H2,(H,27,28,30). The van der Waals surface area contributed by atoms with Crippen LogP contribution in [0, 0.1) is 5.92 Å². The molecule has 0 saturated carbocycles. The fraction of sp³-hybridized carbons (Fsp3) is 0.200. The summed E-state index contributed by atoms with van der Waals surface area (Å²) in [4.78, 5) is 36.5. The molecule has 2 aromatic heterocycles. The molecule has 3 heterocycles. The maximum absolute atomic E-state index is 13.1. The van der Waals surface area contributed by atoms with E-state index in [-0.39, 0.29) is 17.7 Å². The highest BCUT2D eigenvalue weighted by Gasteiger charge is 2.28. The number of hydrogen-bond acceptors (Lipinski definition) is 5. The summed E-state index contributed by atoms with van der Waals surface area (Å²) >= 11 is 1.39. The van der Waals surface area contributed by atoms with E-state index in [1.165, 1.54) is 11.3 Å². The molecule has 0 bridgehead atoms. The fourth-order valence-electron chi connectivity index (χ4n) is 4.10. The average Bonchev–Trinajstić information content (AvgIpc) is 3.32. The Bertz CT molecular complexity index is 1260. The lowest BCUT2D eigenvalue weighted by molar-refractivity contribution is -0.121. The zero-order valence-corrected chi connectivity index (χ0v) is 18.2. The summed E-state index contributed by atoms with van der Waals surface area (Å²) in [6.07, 6.45) is 3.00. The van der Waals surface area contributed by atoms with Crippen LogP contribution in [0.4, 0.5) is 5.13 Å². The van der Waals surface area contributed by atoms with E-state index in [4.69, 9.17) is 0 Å². The first-order valence-electron chi connectivity index (χ1n) is 10.6. The molecule has 0 unspecified atom stereocenters. The van der Waals surface area contributed by atoms with Crippen LogP contribution in [-0.4, -0.2) is 39.8 Å². The predicted octanol–water partition coefficient (Wildman–Crippen LogP) is 4.85. The molecule has 32 heavy (non-hydrogen) atoms. The monoisotopic (exact) mass is 442 g/mol. The lowest BCUT2D eigenvalue weighted by Gasteiger charge is -2.31. The van der Waals surface area contributed by atoms with Crippen molar-refractivity contribution in [1.29, 1.82) is 0 Å². The van der Waals surface area contributed by atoms with Gasteiger partial charge in [-0.3, -0.25) is 14.6 Å². The van der Waals surface area contributed by atoms with E-state index < -0.39 is 0 Å². The number of carbonyl (C=O) groups is 2. The highest BCUT2D eigenvalue weighted by atomic mass is 32.1. The predicted molar refractivity (Wildman–Crippen MR) is 127 cm³/mol. The lowest BCUT2D eigenvalue weighted by atomic mass is 9.95. The second kappa shape index (κ2) is 8.88. The number of carbonyl (C=O) groups excluding carboxylic acids is 2. The van der Waals surface area contributed by atoms with Crippen molar-refractivity contribution in [3.05, 3.63) is 77.8 Å². The Morgan fingerprint density at radius 3 is 2.53 bits per heavy atom. The number of rotatable bonds is 4. The van der Waals surface area contributed by atoms with Gasteiger partial charge >= 0.3 is 0 Å². The van der Waals surface area contributed by atoms with E-state index in [0.29, 0.717) is 31.1 Å². The molecule has 1 aliphatic rings. The number of thiazole rings is 1. The maximum atomic E-state index is 13.1. The molecule has 4 aromatic rings. The highest BCUT2D eigenvalue weighted by Crippen LogP contribution is 2.27. The maximum Gasteiger partial charge on any atom is 0.254 e. The van der Waals surface area contributed by atoms with Gasteiger partial charge in [-0.2, -0.15) is 0 Å². The zero-order chi connectivity index (χ0) is 21.9. The van der Waals surface area contributed by atoms with E-state index in [1.807, 2.05) is 70.9 Å². The molecule has 1 N–H and O–H groups in total. The number of likely N-dealkylation sites (tertiary alicyclic amines) is 1. The van der Waals surface area contributed by atoms with Crippen molar-refractivity contribution in [3.63, 3.8) is 0 Å². The minimum Gasteiger partial charge on any atom is -0.339 e. The first kappa shape index (κ1) is 20.3. The number of pyridine rings is 1. The van der Waals surface area contributed by atoms with Gasteiger partial charge in [-0.25, -0.2) is 4.98 Å². The zero-order valence-electron chi connectivity index (χ0n) is 17.4. The molecular weight excluding hydrogens is 420 g/mol. The topological polar surface area (TPSA) is 75.2 Å². The molecule has 1 saturated heterocycles. The molecule has 0 aliphatic carbocycles. The summed E-state index contributed by atoms with van der Waals surface area (Å²) in [7, 11) is 0. The van der Waals surface area contributed by atoms with Crippen LogP contribution in [0.3, 0.4) is 0 Å². The van der Waals surface area contributed by atoms with Gasteiger partial charge in [0.2, 0.25) is 5.91 Å². The molecule has 1 aliphatic heterocycles. The second-order valence-corrected chi connectivity index (χ2v) is 8.69. The summed E-state index contributed by atoms with van der Waals surface area (Å²) in [6.45, 7) is 1.13. The third-order valence-electron chi connectivity index (χ3n) is 5.83. The quantitative estimate of drug-likeness (QED) is 0.490. The van der Waals surface area contributed by atoms with Crippen LogP contribution in [0.1, 0.15) is 23.2 Å². The molecule has 0 radical (unpaired) electrons. The van der Waals surface area contributed by atoms with Crippen LogP contribution >= 0.6 is 11.3 Å². The van der Waals surface area contributed by atoms with Gasteiger partial charge in [0, 0.05) is 36.1 Å². The van der Waals surface area contributed by atoms with E-state index in [0.717, 1.165) is 27.7 Å². The lowest BCUT2D eigenvalue weighted by Crippen LogP contribution is -2.41. The van der Waals surface area contributed by atoms with Crippen LogP contribution in [-0.2, 0) is 4.79 Å². The molecule has 7 heteroatoms. The summed E-state index contributed by atoms with van der Waals surface area (Å²) in [6, 6.07) is 19.4. The summed E-state index contributed by atoms with van der Waals surface area (Å²) in [5.74, 6) is -0.140. The number of amides is 2. The van der Waals surface area contributed by atoms with Crippen LogP contribution in [0.15, 0.2) is 72.2 Å². The Balaban J connectivity index is 1.21. The first-order valence-corrected chi connectivity index (χ1v) is 11.5. The Morgan fingerprint density at radius 2 is 1.72 bits per heavy atom. The van der Waals surface area contributed by atoms with Gasteiger partial charge in [-0.1, -0.05) is 42.5 Å². The number of fused-ring (bicyclic) bond motifs is 1. The van der Waals surface area contributed by atoms with Crippen molar-refractivity contribution in [2.45, 2.75) is 12.8 Å². The van der Waals surface area contributed by atoms with Gasteiger partial charge in [0.1, 0.15) is 5.69 Å². The Hall–Kier alpha value is -3.58. The van der Waals surface area contributed by atoms with Crippen LogP contribution in [0.5, 0.6) is 0 Å². The number of piperidine rings is 1. The molecule has 1 fully saturated rings. The number of hydrogen-bond donors (Lipinski definition) is 1. The number of anilines is 1. The summed E-state index contributed by atoms with van der Waals surface area (Å²) < 4.78 is 0. The minimum absolute atomic E-state index is 0.0283. The molecule has 0 atom stereocenters. The summed E-state index contributed by atoms with van der Waals surface area (Å²) in [5, 5.41) is 7.43. The van der Waals surface area contributed by atoms with Gasteiger partial charge in [-0.15, -0.1) is 11.3 Å². The SMILES string of the molecule is O=C(Nc1nc(-c2ccccn2)cs1)C1CCN(C(=O)c2cccc3ccccc23)CC1. The van der Waals surface area contributed by atoms with Crippen LogP contribution < -0.4 is 5.32 Å². The average molecular weight is 443 g/mol. The molecule has 6 nitrogen and oxygen atoms in total. The molecule has 0 spiro atoms. The number of nitrogens with one attached hydrogen (secondary N) is 1. The molecule has 2 amide bonds. The van der Waals surface area contributed by atoms with Gasteiger partial charge in [0.15, 0.2) is 5.13 Å². The molecular formula is C25H22N4O2S. The third-order valence-corrected chi connectivity index (χ3v) is 6.59. The number of nitrogens with zero attached hydrogens (tertiary/aromatic N) is 3. The van der Waals surface area contributed by atoms with E-state index in [9.17, 15) is 9.59 Å². The highest BCUT2D eigenvalue weighted by molar-refractivity contribution is 7.14. The van der Waals surface area contributed by atoms with Crippen molar-refractivity contribution < 1.29 is 9.59 Å². The van der Waals surface area contributed by atoms with Crippen molar-refractivity contribution in [3.8, 4) is 11.4 Å². The van der Waals surface area contributed by atoms with Crippen LogP contribution in [0.2, 0.25) is 0 Å². The van der Waals surface area contributed by atoms with Crippen molar-refractivity contribution >= 4 is 39.1 Å².